The average molecular weight is 279 g/mol. The number of phenols is 1. The summed E-state index contributed by atoms with van der Waals surface area (Å²) in [5.74, 6) is -0.103. The second kappa shape index (κ2) is 5.68. The molecule has 0 spiro atoms. The largest absolute Gasteiger partial charge is 0.508 e. The van der Waals surface area contributed by atoms with Crippen molar-refractivity contribution in [2.75, 3.05) is 39.3 Å². The summed E-state index contributed by atoms with van der Waals surface area (Å²) in [7, 11) is 0. The monoisotopic (exact) mass is 279 g/mol. The number of nitrogens with one attached hydrogen (secondary N) is 1. The van der Waals surface area contributed by atoms with E-state index in [2.05, 4.69) is 15.1 Å². The van der Waals surface area contributed by atoms with Gasteiger partial charge in [0.2, 0.25) is 0 Å². The molecule has 20 heavy (non-hydrogen) atoms. The molecule has 2 fully saturated rings. The summed E-state index contributed by atoms with van der Waals surface area (Å²) in [6.07, 6.45) is 0. The molecule has 0 aliphatic carbocycles. The molecule has 2 saturated heterocycles. The third-order valence-electron chi connectivity index (χ3n) is 4.61. The van der Waals surface area contributed by atoms with Gasteiger partial charge in [0.25, 0.3) is 0 Å². The number of piperazine rings is 1. The van der Waals surface area contributed by atoms with Gasteiger partial charge < -0.3 is 10.4 Å². The Balaban J connectivity index is 1.63. The third kappa shape index (κ3) is 2.66. The number of phenolic OH excluding ortho intramolecular Hbond substituents is 1. The minimum atomic E-state index is -0.288. The van der Waals surface area contributed by atoms with Crippen molar-refractivity contribution >= 4 is 0 Å². The SMILES string of the molecule is CC(c1cc(F)ccc1O)N1CCN(C2CNC2)CC1. The second-order valence-electron chi connectivity index (χ2n) is 5.76. The summed E-state index contributed by atoms with van der Waals surface area (Å²) in [5, 5.41) is 13.2. The number of aromatic hydroxyl groups is 1. The molecule has 4 nitrogen and oxygen atoms in total. The fourth-order valence-electron chi connectivity index (χ4n) is 3.08. The Hall–Kier alpha value is -1.17. The van der Waals surface area contributed by atoms with Crippen LogP contribution in [0.15, 0.2) is 18.2 Å². The zero-order valence-electron chi connectivity index (χ0n) is 11.8. The van der Waals surface area contributed by atoms with Crippen molar-refractivity contribution in [3.63, 3.8) is 0 Å². The first-order chi connectivity index (χ1) is 9.65. The summed E-state index contributed by atoms with van der Waals surface area (Å²) < 4.78 is 13.4. The van der Waals surface area contributed by atoms with Crippen molar-refractivity contribution in [1.29, 1.82) is 0 Å². The maximum atomic E-state index is 13.4. The predicted octanol–water partition coefficient (Wildman–Crippen LogP) is 1.18. The van der Waals surface area contributed by atoms with E-state index < -0.39 is 0 Å². The molecule has 2 heterocycles. The number of hydrogen-bond acceptors (Lipinski definition) is 4. The molecule has 3 rings (SSSR count). The third-order valence-corrected chi connectivity index (χ3v) is 4.61. The van der Waals surface area contributed by atoms with Crippen molar-refractivity contribution in [2.24, 2.45) is 0 Å². The van der Waals surface area contributed by atoms with Gasteiger partial charge in [-0.05, 0) is 25.1 Å². The number of benzene rings is 1. The van der Waals surface area contributed by atoms with Crippen LogP contribution in [0.25, 0.3) is 0 Å². The Morgan fingerprint density at radius 2 is 1.95 bits per heavy atom. The van der Waals surface area contributed by atoms with E-state index in [0.717, 1.165) is 39.3 Å². The molecule has 2 aliphatic rings. The van der Waals surface area contributed by atoms with E-state index in [9.17, 15) is 9.50 Å². The highest BCUT2D eigenvalue weighted by Gasteiger charge is 2.29. The Labute approximate surface area is 119 Å². The standard InChI is InChI=1S/C15H22FN3O/c1-11(14-8-12(16)2-3-15(14)20)18-4-6-19(7-5-18)13-9-17-10-13/h2-3,8,11,13,17,20H,4-7,9-10H2,1H3. The van der Waals surface area contributed by atoms with Crippen LogP contribution in [0, 0.1) is 5.82 Å². The van der Waals surface area contributed by atoms with E-state index in [1.165, 1.54) is 18.2 Å². The van der Waals surface area contributed by atoms with Crippen molar-refractivity contribution in [1.82, 2.24) is 15.1 Å². The normalized spacial score (nSPS) is 23.5. The first kappa shape index (κ1) is 13.8. The van der Waals surface area contributed by atoms with Gasteiger partial charge in [0.05, 0.1) is 0 Å². The van der Waals surface area contributed by atoms with Crippen molar-refractivity contribution in [3.05, 3.63) is 29.6 Å². The topological polar surface area (TPSA) is 38.7 Å². The molecular formula is C15H22FN3O. The Morgan fingerprint density at radius 3 is 2.55 bits per heavy atom. The van der Waals surface area contributed by atoms with Gasteiger partial charge >= 0.3 is 0 Å². The smallest absolute Gasteiger partial charge is 0.123 e. The molecule has 1 aromatic rings. The highest BCUT2D eigenvalue weighted by Crippen LogP contribution is 2.29. The molecule has 5 heteroatoms. The lowest BCUT2D eigenvalue weighted by Crippen LogP contribution is -2.61. The summed E-state index contributed by atoms with van der Waals surface area (Å²) in [6, 6.07) is 4.93. The first-order valence-electron chi connectivity index (χ1n) is 7.32. The molecule has 1 unspecified atom stereocenters. The zero-order chi connectivity index (χ0) is 14.1. The van der Waals surface area contributed by atoms with E-state index >= 15 is 0 Å². The van der Waals surface area contributed by atoms with Crippen LogP contribution in [0.3, 0.4) is 0 Å². The van der Waals surface area contributed by atoms with Crippen molar-refractivity contribution in [2.45, 2.75) is 19.0 Å². The molecular weight excluding hydrogens is 257 g/mol. The quantitative estimate of drug-likeness (QED) is 0.871. The van der Waals surface area contributed by atoms with Crippen LogP contribution < -0.4 is 5.32 Å². The van der Waals surface area contributed by atoms with Crippen LogP contribution in [0.2, 0.25) is 0 Å². The van der Waals surface area contributed by atoms with Crippen LogP contribution >= 0.6 is 0 Å². The van der Waals surface area contributed by atoms with Crippen molar-refractivity contribution in [3.8, 4) is 5.75 Å². The molecule has 110 valence electrons. The summed E-state index contributed by atoms with van der Waals surface area (Å²) in [4.78, 5) is 4.84. The maximum Gasteiger partial charge on any atom is 0.123 e. The van der Waals surface area contributed by atoms with E-state index in [1.54, 1.807) is 0 Å². The lowest BCUT2D eigenvalue weighted by molar-refractivity contribution is 0.0546. The summed E-state index contributed by atoms with van der Waals surface area (Å²) in [5.41, 5.74) is 0.684. The second-order valence-corrected chi connectivity index (χ2v) is 5.76. The fourth-order valence-corrected chi connectivity index (χ4v) is 3.08. The van der Waals surface area contributed by atoms with Gasteiger partial charge in [0, 0.05) is 56.9 Å². The van der Waals surface area contributed by atoms with Crippen LogP contribution in [-0.2, 0) is 0 Å². The molecule has 0 amide bonds. The van der Waals surface area contributed by atoms with Gasteiger partial charge in [-0.1, -0.05) is 0 Å². The molecule has 2 aliphatic heterocycles. The van der Waals surface area contributed by atoms with Gasteiger partial charge in [-0.3, -0.25) is 9.80 Å². The molecule has 0 aromatic heterocycles. The first-order valence-corrected chi connectivity index (χ1v) is 7.32. The number of rotatable bonds is 3. The van der Waals surface area contributed by atoms with Gasteiger partial charge in [0.15, 0.2) is 0 Å². The van der Waals surface area contributed by atoms with E-state index in [4.69, 9.17) is 0 Å². The molecule has 0 radical (unpaired) electrons. The average Bonchev–Trinajstić information content (AvgIpc) is 2.40. The summed E-state index contributed by atoms with van der Waals surface area (Å²) in [6.45, 7) is 8.26. The highest BCUT2D eigenvalue weighted by molar-refractivity contribution is 5.35. The fraction of sp³-hybridized carbons (Fsp3) is 0.600. The molecule has 0 bridgehead atoms. The van der Waals surface area contributed by atoms with Gasteiger partial charge in [-0.25, -0.2) is 4.39 Å². The maximum absolute atomic E-state index is 13.4. The van der Waals surface area contributed by atoms with Crippen LogP contribution in [0.4, 0.5) is 4.39 Å². The highest BCUT2D eigenvalue weighted by atomic mass is 19.1. The van der Waals surface area contributed by atoms with Crippen LogP contribution in [-0.4, -0.2) is 60.2 Å². The Morgan fingerprint density at radius 1 is 1.25 bits per heavy atom. The van der Waals surface area contributed by atoms with E-state index in [1.807, 2.05) is 6.92 Å². The summed E-state index contributed by atoms with van der Waals surface area (Å²) >= 11 is 0. The minimum Gasteiger partial charge on any atom is -0.508 e. The van der Waals surface area contributed by atoms with Gasteiger partial charge in [-0.15, -0.1) is 0 Å². The molecule has 1 atom stereocenters. The van der Waals surface area contributed by atoms with E-state index in [0.29, 0.717) is 11.6 Å². The molecule has 2 N–H and O–H groups in total. The predicted molar refractivity (Wildman–Crippen MR) is 76.3 cm³/mol. The number of nitrogens with zero attached hydrogens (tertiary/aromatic N) is 2. The number of hydrogen-bond donors (Lipinski definition) is 2. The molecule has 0 saturated carbocycles. The lowest BCUT2D eigenvalue weighted by atomic mass is 10.0. The van der Waals surface area contributed by atoms with E-state index in [-0.39, 0.29) is 17.6 Å². The zero-order valence-corrected chi connectivity index (χ0v) is 11.8. The molecule has 1 aromatic carbocycles. The number of halogens is 1. The van der Waals surface area contributed by atoms with Gasteiger partial charge in [0.1, 0.15) is 11.6 Å². The lowest BCUT2D eigenvalue weighted by Gasteiger charge is -2.44. The Bertz CT molecular complexity index is 470. The van der Waals surface area contributed by atoms with Gasteiger partial charge in [-0.2, -0.15) is 0 Å². The van der Waals surface area contributed by atoms with Crippen LogP contribution in [0.1, 0.15) is 18.5 Å². The Kier molecular flexibility index (Phi) is 3.92. The minimum absolute atomic E-state index is 0.0485. The van der Waals surface area contributed by atoms with Crippen molar-refractivity contribution < 1.29 is 9.50 Å². The van der Waals surface area contributed by atoms with Crippen LogP contribution in [0.5, 0.6) is 5.75 Å².